The molecule has 1 saturated heterocycles. The molecule has 1 heterocycles. The second-order valence-corrected chi connectivity index (χ2v) is 4.38. The van der Waals surface area contributed by atoms with Crippen molar-refractivity contribution in [3.8, 4) is 0 Å². The fourth-order valence-electron chi connectivity index (χ4n) is 1.98. The molecule has 92 valence electrons. The van der Waals surface area contributed by atoms with E-state index in [1.54, 1.807) is 4.90 Å². The third-order valence-corrected chi connectivity index (χ3v) is 3.16. The number of nitrogens with zero attached hydrogens (tertiary/aromatic N) is 2. The Bertz CT molecular complexity index is 389. The van der Waals surface area contributed by atoms with Crippen LogP contribution >= 0.6 is 0 Å². The molecule has 0 bridgehead atoms. The fraction of sp³-hybridized carbons (Fsp3) is 0.462. The molecule has 0 unspecified atom stereocenters. The van der Waals surface area contributed by atoms with Gasteiger partial charge in [0, 0.05) is 32.4 Å². The fourth-order valence-corrected chi connectivity index (χ4v) is 1.98. The average molecular weight is 234 g/mol. The maximum Gasteiger partial charge on any atom is 0.241 e. The third kappa shape index (κ3) is 2.77. The third-order valence-electron chi connectivity index (χ3n) is 3.16. The second-order valence-electron chi connectivity index (χ2n) is 4.38. The smallest absolute Gasteiger partial charge is 0.241 e. The number of carbonyl (C=O) groups excluding carboxylic acids is 1. The van der Waals surface area contributed by atoms with Crippen LogP contribution in [0.2, 0.25) is 0 Å². The molecule has 1 aromatic rings. The van der Waals surface area contributed by atoms with Gasteiger partial charge in [-0.3, -0.25) is 4.79 Å². The van der Waals surface area contributed by atoms with Crippen molar-refractivity contribution in [2.45, 2.75) is 6.42 Å². The molecule has 1 aromatic carbocycles. The van der Waals surface area contributed by atoms with Gasteiger partial charge < -0.3 is 14.9 Å². The number of aliphatic hydroxyl groups is 1. The molecule has 1 N–H and O–H groups in total. The van der Waals surface area contributed by atoms with Crippen LogP contribution in [0.4, 0.5) is 5.69 Å². The summed E-state index contributed by atoms with van der Waals surface area (Å²) in [6, 6.07) is 8.05. The zero-order valence-electron chi connectivity index (χ0n) is 10.1. The number of carbonyl (C=O) groups is 1. The summed E-state index contributed by atoms with van der Waals surface area (Å²) < 4.78 is 0. The van der Waals surface area contributed by atoms with E-state index in [2.05, 4.69) is 4.90 Å². The topological polar surface area (TPSA) is 43.8 Å². The molecule has 1 aliphatic rings. The van der Waals surface area contributed by atoms with Crippen LogP contribution in [0.15, 0.2) is 24.3 Å². The van der Waals surface area contributed by atoms with Crippen LogP contribution < -0.4 is 4.90 Å². The van der Waals surface area contributed by atoms with Crippen LogP contribution in [0, 0.1) is 0 Å². The van der Waals surface area contributed by atoms with Gasteiger partial charge in [-0.1, -0.05) is 12.1 Å². The quantitative estimate of drug-likeness (QED) is 0.828. The summed E-state index contributed by atoms with van der Waals surface area (Å²) in [5, 5.41) is 8.84. The highest BCUT2D eigenvalue weighted by molar-refractivity contribution is 5.82. The number of amides is 1. The highest BCUT2D eigenvalue weighted by Crippen LogP contribution is 2.17. The van der Waals surface area contributed by atoms with Crippen LogP contribution in [0.25, 0.3) is 0 Å². The molecule has 4 nitrogen and oxygen atoms in total. The van der Waals surface area contributed by atoms with Crippen molar-refractivity contribution in [1.82, 2.24) is 4.90 Å². The Balaban J connectivity index is 2.05. The van der Waals surface area contributed by atoms with E-state index < -0.39 is 0 Å². The first-order chi connectivity index (χ1) is 8.20. The molecular weight excluding hydrogens is 216 g/mol. The number of likely N-dealkylation sites (N-methyl/N-ethyl adjacent to an activating group) is 1. The maximum atomic E-state index is 11.6. The second kappa shape index (κ2) is 5.19. The predicted octanol–water partition coefficient (Wildman–Crippen LogP) is 0.500. The zero-order chi connectivity index (χ0) is 12.3. The standard InChI is InChI=1S/C13H18N2O2/c1-14-7-8-15(10-13(14)17)12-4-2-11(3-5-12)6-9-16/h2-5,16H,6-10H2,1H3. The van der Waals surface area contributed by atoms with Gasteiger partial charge in [-0.25, -0.2) is 0 Å². The number of benzene rings is 1. The summed E-state index contributed by atoms with van der Waals surface area (Å²) in [6.07, 6.45) is 0.682. The van der Waals surface area contributed by atoms with Gasteiger partial charge in [0.25, 0.3) is 0 Å². The van der Waals surface area contributed by atoms with Gasteiger partial charge in [0.15, 0.2) is 0 Å². The molecule has 0 aromatic heterocycles. The Kier molecular flexibility index (Phi) is 3.64. The van der Waals surface area contributed by atoms with E-state index in [0.29, 0.717) is 13.0 Å². The molecule has 0 atom stereocenters. The first-order valence-electron chi connectivity index (χ1n) is 5.89. The van der Waals surface area contributed by atoms with Crippen LogP contribution in [-0.4, -0.2) is 49.2 Å². The van der Waals surface area contributed by atoms with E-state index >= 15 is 0 Å². The Hall–Kier alpha value is -1.55. The van der Waals surface area contributed by atoms with Crippen molar-refractivity contribution in [3.63, 3.8) is 0 Å². The summed E-state index contributed by atoms with van der Waals surface area (Å²) in [6.45, 7) is 2.28. The summed E-state index contributed by atoms with van der Waals surface area (Å²) in [4.78, 5) is 15.4. The van der Waals surface area contributed by atoms with E-state index in [-0.39, 0.29) is 12.5 Å². The number of rotatable bonds is 3. The molecular formula is C13H18N2O2. The summed E-state index contributed by atoms with van der Waals surface area (Å²) in [7, 11) is 1.84. The molecule has 2 rings (SSSR count). The summed E-state index contributed by atoms with van der Waals surface area (Å²) in [5.74, 6) is 0.163. The molecule has 0 saturated carbocycles. The molecule has 0 radical (unpaired) electrons. The lowest BCUT2D eigenvalue weighted by Crippen LogP contribution is -2.48. The SMILES string of the molecule is CN1CCN(c2ccc(CCO)cc2)CC1=O. The molecule has 1 amide bonds. The zero-order valence-corrected chi connectivity index (χ0v) is 10.1. The number of hydrogen-bond acceptors (Lipinski definition) is 3. The van der Waals surface area contributed by atoms with E-state index in [4.69, 9.17) is 5.11 Å². The van der Waals surface area contributed by atoms with Gasteiger partial charge in [-0.05, 0) is 24.1 Å². The van der Waals surface area contributed by atoms with Gasteiger partial charge in [0.2, 0.25) is 5.91 Å². The van der Waals surface area contributed by atoms with Crippen molar-refractivity contribution in [2.75, 3.05) is 38.2 Å². The normalized spacial score (nSPS) is 16.5. The molecule has 17 heavy (non-hydrogen) atoms. The first kappa shape index (κ1) is 11.9. The predicted molar refractivity (Wildman–Crippen MR) is 67.1 cm³/mol. The average Bonchev–Trinajstić information content (AvgIpc) is 2.34. The van der Waals surface area contributed by atoms with Crippen LogP contribution in [0.5, 0.6) is 0 Å². The van der Waals surface area contributed by atoms with Gasteiger partial charge in [-0.15, -0.1) is 0 Å². The number of piperazine rings is 1. The lowest BCUT2D eigenvalue weighted by molar-refractivity contribution is -0.129. The van der Waals surface area contributed by atoms with Crippen LogP contribution in [0.3, 0.4) is 0 Å². The molecule has 1 aliphatic heterocycles. The number of anilines is 1. The minimum atomic E-state index is 0.163. The number of aliphatic hydroxyl groups excluding tert-OH is 1. The maximum absolute atomic E-state index is 11.6. The van der Waals surface area contributed by atoms with Crippen molar-refractivity contribution < 1.29 is 9.90 Å². The minimum Gasteiger partial charge on any atom is -0.396 e. The lowest BCUT2D eigenvalue weighted by atomic mass is 10.1. The van der Waals surface area contributed by atoms with Crippen molar-refractivity contribution in [3.05, 3.63) is 29.8 Å². The van der Waals surface area contributed by atoms with Crippen LogP contribution in [0.1, 0.15) is 5.56 Å². The molecule has 0 spiro atoms. The summed E-state index contributed by atoms with van der Waals surface area (Å²) in [5.41, 5.74) is 2.20. The van der Waals surface area contributed by atoms with Gasteiger partial charge in [-0.2, -0.15) is 0 Å². The van der Waals surface area contributed by atoms with E-state index in [9.17, 15) is 4.79 Å². The van der Waals surface area contributed by atoms with Crippen molar-refractivity contribution >= 4 is 11.6 Å². The van der Waals surface area contributed by atoms with Crippen LogP contribution in [-0.2, 0) is 11.2 Å². The first-order valence-corrected chi connectivity index (χ1v) is 5.89. The number of hydrogen-bond donors (Lipinski definition) is 1. The highest BCUT2D eigenvalue weighted by Gasteiger charge is 2.20. The van der Waals surface area contributed by atoms with Gasteiger partial charge in [0.05, 0.1) is 6.54 Å². The Morgan fingerprint density at radius 1 is 1.24 bits per heavy atom. The molecule has 4 heteroatoms. The summed E-state index contributed by atoms with van der Waals surface area (Å²) >= 11 is 0. The van der Waals surface area contributed by atoms with E-state index in [0.717, 1.165) is 24.3 Å². The van der Waals surface area contributed by atoms with E-state index in [1.165, 1.54) is 0 Å². The Labute approximate surface area is 101 Å². The van der Waals surface area contributed by atoms with Gasteiger partial charge in [0.1, 0.15) is 0 Å². The van der Waals surface area contributed by atoms with Gasteiger partial charge >= 0.3 is 0 Å². The monoisotopic (exact) mass is 234 g/mol. The Morgan fingerprint density at radius 2 is 1.94 bits per heavy atom. The van der Waals surface area contributed by atoms with E-state index in [1.807, 2.05) is 31.3 Å². The molecule has 1 fully saturated rings. The Morgan fingerprint density at radius 3 is 2.53 bits per heavy atom. The largest absolute Gasteiger partial charge is 0.396 e. The lowest BCUT2D eigenvalue weighted by Gasteiger charge is -2.33. The molecule has 0 aliphatic carbocycles. The minimum absolute atomic E-state index is 0.163. The van der Waals surface area contributed by atoms with Crippen molar-refractivity contribution in [2.24, 2.45) is 0 Å². The highest BCUT2D eigenvalue weighted by atomic mass is 16.3. The van der Waals surface area contributed by atoms with Crippen molar-refractivity contribution in [1.29, 1.82) is 0 Å².